The molecule has 1 aliphatic heterocycles. The molecule has 1 saturated carbocycles. The van der Waals surface area contributed by atoms with Crippen LogP contribution < -0.4 is 21.3 Å². The van der Waals surface area contributed by atoms with Crippen LogP contribution in [-0.4, -0.2) is 89.4 Å². The fourth-order valence-corrected chi connectivity index (χ4v) is 4.65. The molecule has 0 spiro atoms. The van der Waals surface area contributed by atoms with E-state index in [1.165, 1.54) is 0 Å². The maximum absolute atomic E-state index is 13.3. The summed E-state index contributed by atoms with van der Waals surface area (Å²) >= 11 is 0. The number of hydrogen-bond acceptors (Lipinski definition) is 6. The van der Waals surface area contributed by atoms with Gasteiger partial charge in [-0.3, -0.25) is 19.2 Å². The number of carbonyl (C=O) groups is 4. The van der Waals surface area contributed by atoms with Crippen molar-refractivity contribution in [2.75, 3.05) is 51.4 Å². The third-order valence-electron chi connectivity index (χ3n) is 6.94. The molecule has 0 bridgehead atoms. The summed E-state index contributed by atoms with van der Waals surface area (Å²) in [6.07, 6.45) is 10.4. The van der Waals surface area contributed by atoms with Crippen molar-refractivity contribution in [1.29, 1.82) is 0 Å². The number of hydrogen-bond donors (Lipinski definition) is 4. The zero-order valence-electron chi connectivity index (χ0n) is 23.0. The number of anilines is 2. The minimum atomic E-state index is -1.19. The van der Waals surface area contributed by atoms with Crippen LogP contribution >= 0.6 is 0 Å². The molecule has 1 aliphatic carbocycles. The van der Waals surface area contributed by atoms with E-state index in [0.717, 1.165) is 25.8 Å². The molecule has 1 unspecified atom stereocenters. The Morgan fingerprint density at radius 2 is 1.77 bits per heavy atom. The van der Waals surface area contributed by atoms with Gasteiger partial charge in [0.2, 0.25) is 6.41 Å². The average molecular weight is 539 g/mol. The van der Waals surface area contributed by atoms with Crippen LogP contribution in [0.15, 0.2) is 36.8 Å². The standard InChI is InChI=1S/C27H38N8O4/c1-32(2)10-5-9-28-24(37)22-12-20(15-34(22)4)30-25(38)23-13-21(16-35(23)14-19-6-7-19)31-26(39)27(29-18-36)8-11-33(3)17-27/h8,11-13,15-16,18-19H,5-7,9-10,14,17H2,1-4H3,(H,28,37)(H,29,36)(H,30,38)(H,31,39). The van der Waals surface area contributed by atoms with Crippen molar-refractivity contribution >= 4 is 35.5 Å². The van der Waals surface area contributed by atoms with Gasteiger partial charge in [0.25, 0.3) is 17.7 Å². The molecule has 1 atom stereocenters. The Balaban J connectivity index is 1.46. The molecule has 39 heavy (non-hydrogen) atoms. The molecule has 4 N–H and O–H groups in total. The molecule has 2 aromatic rings. The average Bonchev–Trinajstić information content (AvgIpc) is 3.29. The van der Waals surface area contributed by atoms with Crippen LogP contribution in [0.3, 0.4) is 0 Å². The zero-order chi connectivity index (χ0) is 28.2. The lowest BCUT2D eigenvalue weighted by Crippen LogP contribution is -2.55. The molecule has 0 saturated heterocycles. The highest BCUT2D eigenvalue weighted by atomic mass is 16.2. The highest BCUT2D eigenvalue weighted by Crippen LogP contribution is 2.32. The summed E-state index contributed by atoms with van der Waals surface area (Å²) in [5, 5.41) is 11.3. The quantitative estimate of drug-likeness (QED) is 0.223. The summed E-state index contributed by atoms with van der Waals surface area (Å²) in [6, 6.07) is 3.28. The molecule has 0 radical (unpaired) electrons. The molecule has 12 heteroatoms. The fourth-order valence-electron chi connectivity index (χ4n) is 4.65. The van der Waals surface area contributed by atoms with Crippen molar-refractivity contribution in [1.82, 2.24) is 29.6 Å². The zero-order valence-corrected chi connectivity index (χ0v) is 23.0. The van der Waals surface area contributed by atoms with Gasteiger partial charge in [-0.1, -0.05) is 0 Å². The molecule has 1 fully saturated rings. The predicted molar refractivity (Wildman–Crippen MR) is 148 cm³/mol. The summed E-state index contributed by atoms with van der Waals surface area (Å²) < 4.78 is 3.53. The lowest BCUT2D eigenvalue weighted by molar-refractivity contribution is -0.123. The van der Waals surface area contributed by atoms with Crippen molar-refractivity contribution in [3.05, 3.63) is 48.2 Å². The van der Waals surface area contributed by atoms with Gasteiger partial charge in [-0.25, -0.2) is 0 Å². The van der Waals surface area contributed by atoms with Gasteiger partial charge >= 0.3 is 0 Å². The van der Waals surface area contributed by atoms with Gasteiger partial charge in [-0.2, -0.15) is 0 Å². The largest absolute Gasteiger partial charge is 0.377 e. The Morgan fingerprint density at radius 1 is 1.05 bits per heavy atom. The van der Waals surface area contributed by atoms with Crippen LogP contribution in [0.25, 0.3) is 0 Å². The second-order valence-electron chi connectivity index (χ2n) is 10.7. The van der Waals surface area contributed by atoms with Crippen LogP contribution in [0.4, 0.5) is 11.4 Å². The topological polar surface area (TPSA) is 133 Å². The van der Waals surface area contributed by atoms with Crippen LogP contribution in [0.5, 0.6) is 0 Å². The highest BCUT2D eigenvalue weighted by Gasteiger charge is 2.40. The van der Waals surface area contributed by atoms with E-state index in [1.54, 1.807) is 48.4 Å². The van der Waals surface area contributed by atoms with E-state index >= 15 is 0 Å². The predicted octanol–water partition coefficient (Wildman–Crippen LogP) is 1.05. The van der Waals surface area contributed by atoms with Gasteiger partial charge in [0.1, 0.15) is 11.4 Å². The minimum absolute atomic E-state index is 0.205. The third kappa shape index (κ3) is 6.88. The van der Waals surface area contributed by atoms with E-state index < -0.39 is 11.4 Å². The molecule has 4 amide bonds. The van der Waals surface area contributed by atoms with Crippen molar-refractivity contribution in [3.63, 3.8) is 0 Å². The number of aromatic nitrogens is 2. The van der Waals surface area contributed by atoms with Crippen LogP contribution in [-0.2, 0) is 23.2 Å². The summed E-state index contributed by atoms with van der Waals surface area (Å²) in [6.45, 7) is 2.39. The number of rotatable bonds is 13. The maximum atomic E-state index is 13.3. The number of aryl methyl sites for hydroxylation is 1. The lowest BCUT2D eigenvalue weighted by atomic mass is 10.0. The second kappa shape index (κ2) is 11.8. The Bertz CT molecular complexity index is 1260. The van der Waals surface area contributed by atoms with Crippen molar-refractivity contribution < 1.29 is 19.2 Å². The monoisotopic (exact) mass is 538 g/mol. The van der Waals surface area contributed by atoms with Crippen LogP contribution in [0.1, 0.15) is 40.2 Å². The first-order valence-electron chi connectivity index (χ1n) is 13.1. The van der Waals surface area contributed by atoms with Gasteiger partial charge in [-0.05, 0) is 70.2 Å². The first-order chi connectivity index (χ1) is 18.6. The maximum Gasteiger partial charge on any atom is 0.272 e. The van der Waals surface area contributed by atoms with E-state index in [9.17, 15) is 19.2 Å². The molecular weight excluding hydrogens is 500 g/mol. The Labute approximate surface area is 228 Å². The highest BCUT2D eigenvalue weighted by molar-refractivity contribution is 6.06. The van der Waals surface area contributed by atoms with Crippen molar-refractivity contribution in [2.24, 2.45) is 13.0 Å². The number of nitrogens with zero attached hydrogens (tertiary/aromatic N) is 4. The SMILES string of the molecule is CN(C)CCCNC(=O)c1cc(NC(=O)c2cc(NC(=O)C3(NC=O)C=CN(C)C3)cn2CC2CC2)cn1C. The van der Waals surface area contributed by atoms with Crippen LogP contribution in [0.2, 0.25) is 0 Å². The van der Waals surface area contributed by atoms with Crippen molar-refractivity contribution in [3.8, 4) is 0 Å². The van der Waals surface area contributed by atoms with E-state index in [2.05, 4.69) is 26.2 Å². The summed E-state index contributed by atoms with van der Waals surface area (Å²) in [4.78, 5) is 54.2. The van der Waals surface area contributed by atoms with E-state index in [-0.39, 0.29) is 11.8 Å². The molecule has 0 aromatic carbocycles. The van der Waals surface area contributed by atoms with E-state index in [0.29, 0.717) is 54.7 Å². The van der Waals surface area contributed by atoms with Gasteiger partial charge in [0, 0.05) is 39.6 Å². The fraction of sp³-hybridized carbons (Fsp3) is 0.481. The van der Waals surface area contributed by atoms with Gasteiger partial charge in [0.05, 0.1) is 17.9 Å². The first-order valence-corrected chi connectivity index (χ1v) is 13.1. The van der Waals surface area contributed by atoms with Crippen molar-refractivity contribution in [2.45, 2.75) is 31.3 Å². The lowest BCUT2D eigenvalue weighted by Gasteiger charge is -2.26. The smallest absolute Gasteiger partial charge is 0.272 e. The Kier molecular flexibility index (Phi) is 8.44. The molecule has 2 aliphatic rings. The first kappa shape index (κ1) is 28.0. The number of nitrogens with one attached hydrogen (secondary N) is 4. The number of likely N-dealkylation sites (N-methyl/N-ethyl adjacent to an activating group) is 1. The molecule has 2 aromatic heterocycles. The Hall–Kier alpha value is -4.06. The molecule has 210 valence electrons. The third-order valence-corrected chi connectivity index (χ3v) is 6.94. The molecule has 4 rings (SSSR count). The van der Waals surface area contributed by atoms with Gasteiger partial charge in [0.15, 0.2) is 5.54 Å². The normalized spacial score (nSPS) is 18.3. The molecule has 12 nitrogen and oxygen atoms in total. The minimum Gasteiger partial charge on any atom is -0.377 e. The van der Waals surface area contributed by atoms with E-state index in [1.807, 2.05) is 30.6 Å². The summed E-state index contributed by atoms with van der Waals surface area (Å²) in [7, 11) is 7.54. The number of amides is 4. The van der Waals surface area contributed by atoms with E-state index in [4.69, 9.17) is 0 Å². The second-order valence-corrected chi connectivity index (χ2v) is 10.7. The van der Waals surface area contributed by atoms with Crippen LogP contribution in [0, 0.1) is 5.92 Å². The summed E-state index contributed by atoms with van der Waals surface area (Å²) in [5.41, 5.74) is 0.613. The summed E-state index contributed by atoms with van der Waals surface area (Å²) in [5.74, 6) is -0.458. The number of carbonyl (C=O) groups excluding carboxylic acids is 4. The van der Waals surface area contributed by atoms with Gasteiger partial charge in [-0.15, -0.1) is 0 Å². The van der Waals surface area contributed by atoms with Gasteiger partial charge < -0.3 is 40.2 Å². The molecule has 3 heterocycles. The molecular formula is C27H38N8O4. The Morgan fingerprint density at radius 3 is 2.41 bits per heavy atom.